The highest BCUT2D eigenvalue weighted by atomic mass is 32.1. The van der Waals surface area contributed by atoms with Crippen LogP contribution >= 0.6 is 12.2 Å². The lowest BCUT2D eigenvalue weighted by Crippen LogP contribution is -2.63. The van der Waals surface area contributed by atoms with Crippen LogP contribution in [0.1, 0.15) is 18.4 Å². The van der Waals surface area contributed by atoms with E-state index < -0.39 is 5.60 Å². The Morgan fingerprint density at radius 1 is 1.32 bits per heavy atom. The molecule has 3 aliphatic heterocycles. The van der Waals surface area contributed by atoms with Crippen LogP contribution in [0.25, 0.3) is 10.8 Å². The molecular weight excluding hydrogens is 332 g/mol. The highest BCUT2D eigenvalue weighted by molar-refractivity contribution is 7.80. The quantitative estimate of drug-likeness (QED) is 0.734. The maximum Gasteiger partial charge on any atom is 0.172 e. The average molecular weight is 356 g/mol. The molecule has 0 saturated carbocycles. The van der Waals surface area contributed by atoms with Crippen LogP contribution in [-0.4, -0.2) is 51.9 Å². The molecule has 6 heteroatoms. The summed E-state index contributed by atoms with van der Waals surface area (Å²) in [5, 5.41) is 20.0. The van der Waals surface area contributed by atoms with Gasteiger partial charge in [0.25, 0.3) is 0 Å². The van der Waals surface area contributed by atoms with E-state index in [4.69, 9.17) is 12.2 Å². The molecule has 5 rings (SSSR count). The number of hydrogen-bond donors (Lipinski definition) is 3. The first kappa shape index (κ1) is 16.7. The third-order valence-electron chi connectivity index (χ3n) is 5.52. The van der Waals surface area contributed by atoms with Crippen molar-refractivity contribution in [2.75, 3.05) is 31.5 Å². The van der Waals surface area contributed by atoms with E-state index in [-0.39, 0.29) is 0 Å². The van der Waals surface area contributed by atoms with Crippen LogP contribution in [0.15, 0.2) is 30.5 Å². The number of nitrogens with zero attached hydrogens (tertiary/aromatic N) is 2. The number of aromatic nitrogens is 1. The summed E-state index contributed by atoms with van der Waals surface area (Å²) in [6.07, 6.45) is 3.99. The third kappa shape index (κ3) is 3.47. The highest BCUT2D eigenvalue weighted by Crippen LogP contribution is 2.35. The fourth-order valence-electron chi connectivity index (χ4n) is 4.07. The monoisotopic (exact) mass is 356 g/mol. The van der Waals surface area contributed by atoms with Crippen LogP contribution in [0.4, 0.5) is 5.82 Å². The van der Waals surface area contributed by atoms with Crippen molar-refractivity contribution in [2.24, 2.45) is 5.92 Å². The van der Waals surface area contributed by atoms with E-state index >= 15 is 0 Å². The van der Waals surface area contributed by atoms with Crippen molar-refractivity contribution in [2.45, 2.75) is 25.4 Å². The summed E-state index contributed by atoms with van der Waals surface area (Å²) in [7, 11) is 0. The van der Waals surface area contributed by atoms with Crippen molar-refractivity contribution >= 4 is 33.9 Å². The van der Waals surface area contributed by atoms with Gasteiger partial charge < -0.3 is 20.6 Å². The molecule has 0 spiro atoms. The van der Waals surface area contributed by atoms with Crippen molar-refractivity contribution < 1.29 is 5.11 Å². The smallest absolute Gasteiger partial charge is 0.172 e. The number of anilines is 1. The van der Waals surface area contributed by atoms with E-state index in [0.29, 0.717) is 17.6 Å². The van der Waals surface area contributed by atoms with Gasteiger partial charge in [-0.3, -0.25) is 0 Å². The zero-order chi connectivity index (χ0) is 17.4. The first-order chi connectivity index (χ1) is 12.0. The molecule has 1 atom stereocenters. The summed E-state index contributed by atoms with van der Waals surface area (Å²) < 4.78 is 0. The molecule has 5 nitrogen and oxygen atoms in total. The minimum absolute atomic E-state index is 0.370. The Morgan fingerprint density at radius 3 is 2.84 bits per heavy atom. The molecule has 4 heterocycles. The highest BCUT2D eigenvalue weighted by Gasteiger charge is 2.45. The van der Waals surface area contributed by atoms with Crippen molar-refractivity contribution in [1.82, 2.24) is 15.2 Å². The number of pyridine rings is 1. The number of rotatable bonds is 3. The lowest BCUT2D eigenvalue weighted by Gasteiger charge is -2.50. The largest absolute Gasteiger partial charge is 0.386 e. The van der Waals surface area contributed by atoms with Crippen LogP contribution < -0.4 is 10.6 Å². The van der Waals surface area contributed by atoms with E-state index in [9.17, 15) is 5.11 Å². The lowest BCUT2D eigenvalue weighted by atomic mass is 9.75. The molecule has 3 aliphatic rings. The Balaban J connectivity index is 1.39. The molecule has 0 aliphatic carbocycles. The van der Waals surface area contributed by atoms with E-state index in [2.05, 4.69) is 45.6 Å². The number of fused-ring (bicyclic) bond motifs is 4. The van der Waals surface area contributed by atoms with Crippen LogP contribution in [0.2, 0.25) is 0 Å². The number of aliphatic hydroxyl groups is 1. The molecule has 2 aromatic rings. The molecule has 2 bridgehead atoms. The molecule has 25 heavy (non-hydrogen) atoms. The first-order valence-corrected chi connectivity index (χ1v) is 9.29. The lowest BCUT2D eigenvalue weighted by molar-refractivity contribution is -0.107. The predicted octanol–water partition coefficient (Wildman–Crippen LogP) is 2.29. The van der Waals surface area contributed by atoms with Crippen molar-refractivity contribution in [3.8, 4) is 0 Å². The number of aryl methyl sites for hydroxylation is 1. The zero-order valence-electron chi connectivity index (χ0n) is 14.5. The summed E-state index contributed by atoms with van der Waals surface area (Å²) in [6.45, 7) is 5.51. The number of piperidine rings is 3. The van der Waals surface area contributed by atoms with Gasteiger partial charge in [-0.25, -0.2) is 4.98 Å². The van der Waals surface area contributed by atoms with Crippen LogP contribution in [0.3, 0.4) is 0 Å². The third-order valence-corrected chi connectivity index (χ3v) is 5.77. The van der Waals surface area contributed by atoms with Gasteiger partial charge in [0.2, 0.25) is 0 Å². The molecule has 3 N–H and O–H groups in total. The van der Waals surface area contributed by atoms with E-state index in [1.807, 2.05) is 12.3 Å². The van der Waals surface area contributed by atoms with Gasteiger partial charge in [0, 0.05) is 24.7 Å². The summed E-state index contributed by atoms with van der Waals surface area (Å²) in [5.41, 5.74) is 0.533. The van der Waals surface area contributed by atoms with E-state index in [1.165, 1.54) is 5.56 Å². The maximum atomic E-state index is 10.9. The molecule has 3 saturated heterocycles. The van der Waals surface area contributed by atoms with Gasteiger partial charge in [0.05, 0.1) is 5.60 Å². The van der Waals surface area contributed by atoms with Gasteiger partial charge in [-0.2, -0.15) is 0 Å². The summed E-state index contributed by atoms with van der Waals surface area (Å²) in [5.74, 6) is 1.09. The average Bonchev–Trinajstić information content (AvgIpc) is 2.60. The summed E-state index contributed by atoms with van der Waals surface area (Å²) in [4.78, 5) is 6.76. The van der Waals surface area contributed by atoms with E-state index in [0.717, 1.165) is 49.1 Å². The van der Waals surface area contributed by atoms with Crippen molar-refractivity contribution in [3.63, 3.8) is 0 Å². The Bertz CT molecular complexity index is 803. The summed E-state index contributed by atoms with van der Waals surface area (Å²) in [6, 6.07) is 8.28. The molecular formula is C19H24N4OS. The maximum absolute atomic E-state index is 10.9. The second kappa shape index (κ2) is 6.52. The van der Waals surface area contributed by atoms with Gasteiger partial charge in [-0.1, -0.05) is 23.8 Å². The van der Waals surface area contributed by atoms with E-state index in [1.54, 1.807) is 0 Å². The Kier molecular flexibility index (Phi) is 4.35. The number of thiocarbonyl (C=S) groups is 1. The second-order valence-corrected chi connectivity index (χ2v) is 7.79. The van der Waals surface area contributed by atoms with Crippen LogP contribution in [0.5, 0.6) is 0 Å². The molecule has 0 radical (unpaired) electrons. The van der Waals surface area contributed by atoms with Gasteiger partial charge in [0.1, 0.15) is 5.82 Å². The Hall–Kier alpha value is -1.76. The topological polar surface area (TPSA) is 60.4 Å². The van der Waals surface area contributed by atoms with Crippen LogP contribution in [-0.2, 0) is 0 Å². The normalized spacial score (nSPS) is 28.1. The predicted molar refractivity (Wildman–Crippen MR) is 105 cm³/mol. The molecule has 0 unspecified atom stereocenters. The fourth-order valence-corrected chi connectivity index (χ4v) is 4.24. The van der Waals surface area contributed by atoms with Gasteiger partial charge in [0.15, 0.2) is 5.11 Å². The van der Waals surface area contributed by atoms with Crippen molar-refractivity contribution in [3.05, 3.63) is 36.0 Å². The number of benzene rings is 1. The Labute approximate surface area is 153 Å². The minimum atomic E-state index is -0.684. The van der Waals surface area contributed by atoms with Gasteiger partial charge in [-0.15, -0.1) is 0 Å². The van der Waals surface area contributed by atoms with Crippen LogP contribution in [0, 0.1) is 12.8 Å². The van der Waals surface area contributed by atoms with Crippen molar-refractivity contribution in [1.29, 1.82) is 0 Å². The first-order valence-electron chi connectivity index (χ1n) is 8.88. The second-order valence-electron chi connectivity index (χ2n) is 7.38. The summed E-state index contributed by atoms with van der Waals surface area (Å²) >= 11 is 5.40. The Morgan fingerprint density at radius 2 is 2.12 bits per heavy atom. The van der Waals surface area contributed by atoms with Gasteiger partial charge >= 0.3 is 0 Å². The molecule has 132 valence electrons. The minimum Gasteiger partial charge on any atom is -0.386 e. The standard InChI is InChI=1S/C19H24N4OS/c1-13-2-3-14-10-20-17(9-15(14)8-13)22-18(25)21-11-19(24)12-23-6-4-16(19)5-7-23/h2-3,8-10,16,24H,4-7,11-12H2,1H3,(H2,20,21,22,25)/t19-/m0/s1. The molecule has 0 amide bonds. The molecule has 1 aromatic heterocycles. The van der Waals surface area contributed by atoms with Gasteiger partial charge in [-0.05, 0) is 62.4 Å². The zero-order valence-corrected chi connectivity index (χ0v) is 15.3. The fraction of sp³-hybridized carbons (Fsp3) is 0.474. The SMILES string of the molecule is Cc1ccc2cnc(NC(=S)NC[C@]3(O)CN4CCC3CC4)cc2c1. The number of nitrogens with one attached hydrogen (secondary N) is 2. The molecule has 3 fully saturated rings. The molecule has 1 aromatic carbocycles. The number of hydrogen-bond acceptors (Lipinski definition) is 4.